The van der Waals surface area contributed by atoms with Crippen LogP contribution >= 0.6 is 11.6 Å². The minimum Gasteiger partial charge on any atom is -0.369 e. The number of rotatable bonds is 4. The van der Waals surface area contributed by atoms with Gasteiger partial charge in [0.05, 0.1) is 34.1 Å². The van der Waals surface area contributed by atoms with Crippen LogP contribution in [0.5, 0.6) is 0 Å². The molecule has 9 nitrogen and oxygen atoms in total. The molecule has 0 bridgehead atoms. The number of H-pyrrole nitrogens is 1. The fraction of sp³-hybridized carbons (Fsp3) is 0.370. The van der Waals surface area contributed by atoms with Gasteiger partial charge in [0.15, 0.2) is 5.82 Å². The number of aromatic amines is 1. The van der Waals surface area contributed by atoms with Crippen LogP contribution in [0.25, 0.3) is 0 Å². The maximum absolute atomic E-state index is 13.5. The molecule has 3 aromatic rings. The summed E-state index contributed by atoms with van der Waals surface area (Å²) in [7, 11) is 2.09. The zero-order chi connectivity index (χ0) is 28.8. The average Bonchev–Trinajstić information content (AvgIpc) is 3.42. The van der Waals surface area contributed by atoms with Gasteiger partial charge in [0.2, 0.25) is 0 Å². The molecule has 5 rings (SSSR count). The van der Waals surface area contributed by atoms with Crippen molar-refractivity contribution in [1.82, 2.24) is 20.0 Å². The predicted octanol–water partition coefficient (Wildman–Crippen LogP) is 5.37. The maximum atomic E-state index is 13.5. The van der Waals surface area contributed by atoms with E-state index < -0.39 is 29.0 Å². The highest BCUT2D eigenvalue weighted by atomic mass is 35.5. The summed E-state index contributed by atoms with van der Waals surface area (Å²) in [6.07, 6.45) is -4.71. The van der Waals surface area contributed by atoms with Gasteiger partial charge in [0.25, 0.3) is 5.91 Å². The molecule has 1 saturated heterocycles. The molecule has 40 heavy (non-hydrogen) atoms. The van der Waals surface area contributed by atoms with Gasteiger partial charge in [-0.15, -0.1) is 0 Å². The monoisotopic (exact) mass is 575 g/mol. The Kier molecular flexibility index (Phi) is 7.17. The van der Waals surface area contributed by atoms with E-state index in [-0.39, 0.29) is 23.3 Å². The third-order valence-corrected chi connectivity index (χ3v) is 7.81. The molecule has 0 atom stereocenters. The molecule has 0 aliphatic carbocycles. The smallest absolute Gasteiger partial charge is 0.369 e. The van der Waals surface area contributed by atoms with Crippen molar-refractivity contribution in [1.29, 1.82) is 0 Å². The summed E-state index contributed by atoms with van der Waals surface area (Å²) in [5, 5.41) is 12.0. The summed E-state index contributed by atoms with van der Waals surface area (Å²) < 4.78 is 40.6. The number of alkyl halides is 3. The molecule has 3 heterocycles. The number of aromatic nitrogens is 2. The molecule has 0 unspecified atom stereocenters. The zero-order valence-electron chi connectivity index (χ0n) is 22.2. The SMILES string of the molecule is CN1CCN(c2ccc(C(=O)Nc3n[nH]c4c3CN(C(=O)Nc3c(Cl)cccc3C(F)(F)F)C4(C)C)cc2)CC1. The first-order valence-corrected chi connectivity index (χ1v) is 13.1. The molecule has 3 amide bonds. The Labute approximate surface area is 234 Å². The van der Waals surface area contributed by atoms with Crippen molar-refractivity contribution < 1.29 is 22.8 Å². The summed E-state index contributed by atoms with van der Waals surface area (Å²) in [5.41, 5.74) is 0.105. The van der Waals surface area contributed by atoms with Crippen LogP contribution in [0.4, 0.5) is 35.2 Å². The second-order valence-corrected chi connectivity index (χ2v) is 10.9. The first kappa shape index (κ1) is 27.8. The molecule has 212 valence electrons. The Hall–Kier alpha value is -3.77. The molecule has 3 N–H and O–H groups in total. The number of halogens is 4. The lowest BCUT2D eigenvalue weighted by atomic mass is 10.0. The first-order valence-electron chi connectivity index (χ1n) is 12.7. The van der Waals surface area contributed by atoms with Gasteiger partial charge < -0.3 is 25.3 Å². The van der Waals surface area contributed by atoms with Crippen LogP contribution in [0.2, 0.25) is 5.02 Å². The highest BCUT2D eigenvalue weighted by Gasteiger charge is 2.45. The van der Waals surface area contributed by atoms with Crippen molar-refractivity contribution in [3.63, 3.8) is 0 Å². The van der Waals surface area contributed by atoms with Gasteiger partial charge in [-0.1, -0.05) is 17.7 Å². The number of likely N-dealkylation sites (N-methyl/N-ethyl adjacent to an activating group) is 1. The minimum absolute atomic E-state index is 0.00836. The molecule has 1 aromatic heterocycles. The van der Waals surface area contributed by atoms with E-state index in [1.165, 1.54) is 17.0 Å². The third-order valence-electron chi connectivity index (χ3n) is 7.50. The first-order chi connectivity index (χ1) is 18.9. The van der Waals surface area contributed by atoms with Gasteiger partial charge in [0, 0.05) is 43.0 Å². The molecular weight excluding hydrogens is 547 g/mol. The lowest BCUT2D eigenvalue weighted by molar-refractivity contribution is -0.136. The minimum atomic E-state index is -4.71. The van der Waals surface area contributed by atoms with E-state index in [9.17, 15) is 22.8 Å². The highest BCUT2D eigenvalue weighted by Crippen LogP contribution is 2.43. The second kappa shape index (κ2) is 10.3. The number of urea groups is 1. The summed E-state index contributed by atoms with van der Waals surface area (Å²) in [6, 6.07) is 9.86. The van der Waals surface area contributed by atoms with Gasteiger partial charge >= 0.3 is 12.2 Å². The van der Waals surface area contributed by atoms with Gasteiger partial charge in [-0.3, -0.25) is 9.89 Å². The number of carbonyl (C=O) groups is 2. The van der Waals surface area contributed by atoms with E-state index in [1.54, 1.807) is 26.0 Å². The molecule has 0 radical (unpaired) electrons. The number of carbonyl (C=O) groups excluding carboxylic acids is 2. The van der Waals surface area contributed by atoms with Crippen LogP contribution in [0.3, 0.4) is 0 Å². The number of nitrogens with zero attached hydrogens (tertiary/aromatic N) is 4. The molecule has 0 spiro atoms. The predicted molar refractivity (Wildman–Crippen MR) is 147 cm³/mol. The van der Waals surface area contributed by atoms with Crippen LogP contribution in [-0.4, -0.2) is 65.2 Å². The molecule has 0 saturated carbocycles. The molecule has 1 fully saturated rings. The fourth-order valence-electron chi connectivity index (χ4n) is 5.07. The van der Waals surface area contributed by atoms with Crippen LogP contribution in [0.1, 0.15) is 41.0 Å². The Balaban J connectivity index is 1.30. The highest BCUT2D eigenvalue weighted by molar-refractivity contribution is 6.34. The lowest BCUT2D eigenvalue weighted by Gasteiger charge is -2.34. The fourth-order valence-corrected chi connectivity index (χ4v) is 5.30. The summed E-state index contributed by atoms with van der Waals surface area (Å²) in [5.74, 6) is -0.119. The van der Waals surface area contributed by atoms with Crippen LogP contribution in [0, 0.1) is 0 Å². The van der Waals surface area contributed by atoms with Crippen molar-refractivity contribution in [3.8, 4) is 0 Å². The average molecular weight is 576 g/mol. The number of anilines is 3. The van der Waals surface area contributed by atoms with Crippen LogP contribution in [-0.2, 0) is 18.3 Å². The summed E-state index contributed by atoms with van der Waals surface area (Å²) in [4.78, 5) is 32.2. The van der Waals surface area contributed by atoms with E-state index in [2.05, 4.69) is 37.7 Å². The summed E-state index contributed by atoms with van der Waals surface area (Å²) in [6.45, 7) is 7.24. The van der Waals surface area contributed by atoms with Crippen molar-refractivity contribution in [2.45, 2.75) is 32.1 Å². The molecule has 13 heteroatoms. The topological polar surface area (TPSA) is 96.6 Å². The standard InChI is InChI=1S/C27H29ClF3N7O2/c1-26(2)22-18(15-38(26)25(40)32-21-19(27(29,30)31)5-4-6-20(21)28)23(35-34-22)33-24(39)16-7-9-17(10-8-16)37-13-11-36(3)12-14-37/h4-10H,11-15H2,1-3H3,(H,32,40)(H2,33,34,35,39). The quantitative estimate of drug-likeness (QED) is 0.389. The van der Waals surface area contributed by atoms with Crippen molar-refractivity contribution in [3.05, 3.63) is 69.9 Å². The van der Waals surface area contributed by atoms with Gasteiger partial charge in [-0.25, -0.2) is 4.79 Å². The Morgan fingerprint density at radius 3 is 2.35 bits per heavy atom. The van der Waals surface area contributed by atoms with Gasteiger partial charge in [-0.05, 0) is 57.3 Å². The van der Waals surface area contributed by atoms with E-state index in [0.29, 0.717) is 16.8 Å². The number of nitrogens with one attached hydrogen (secondary N) is 3. The summed E-state index contributed by atoms with van der Waals surface area (Å²) >= 11 is 6.02. The Morgan fingerprint density at radius 1 is 1.02 bits per heavy atom. The number of piperazine rings is 1. The lowest BCUT2D eigenvalue weighted by Crippen LogP contribution is -2.44. The zero-order valence-corrected chi connectivity index (χ0v) is 23.0. The van der Waals surface area contributed by atoms with Crippen LogP contribution in [0.15, 0.2) is 42.5 Å². The molecular formula is C27H29ClF3N7O2. The molecule has 2 aliphatic heterocycles. The molecule has 2 aliphatic rings. The van der Waals surface area contributed by atoms with Crippen molar-refractivity contribution >= 4 is 40.7 Å². The number of hydrogen-bond donors (Lipinski definition) is 3. The number of fused-ring (bicyclic) bond motifs is 1. The van der Waals surface area contributed by atoms with Crippen molar-refractivity contribution in [2.75, 3.05) is 48.8 Å². The largest absolute Gasteiger partial charge is 0.418 e. The number of benzene rings is 2. The normalized spacial score (nSPS) is 17.1. The number of amides is 3. The van der Waals surface area contributed by atoms with E-state index in [4.69, 9.17) is 11.6 Å². The Bertz CT molecular complexity index is 1430. The van der Waals surface area contributed by atoms with E-state index in [0.717, 1.165) is 37.9 Å². The van der Waals surface area contributed by atoms with Gasteiger partial charge in [-0.2, -0.15) is 18.3 Å². The van der Waals surface area contributed by atoms with Crippen molar-refractivity contribution in [2.24, 2.45) is 0 Å². The Morgan fingerprint density at radius 2 is 1.70 bits per heavy atom. The van der Waals surface area contributed by atoms with Crippen LogP contribution < -0.4 is 15.5 Å². The third kappa shape index (κ3) is 5.20. The molecule has 2 aromatic carbocycles. The maximum Gasteiger partial charge on any atom is 0.418 e. The second-order valence-electron chi connectivity index (χ2n) is 10.5. The van der Waals surface area contributed by atoms with Gasteiger partial charge in [0.1, 0.15) is 0 Å². The number of para-hydroxylation sites is 1. The number of hydrogen-bond acceptors (Lipinski definition) is 5. The van der Waals surface area contributed by atoms with E-state index >= 15 is 0 Å². The van der Waals surface area contributed by atoms with E-state index in [1.807, 2.05) is 12.1 Å².